The molecule has 2 aliphatic rings. The fraction of sp³-hybridized carbons (Fsp3) is 0.481. The Labute approximate surface area is 174 Å². The molecule has 0 saturated carbocycles. The van der Waals surface area contributed by atoms with E-state index in [9.17, 15) is 0 Å². The van der Waals surface area contributed by atoms with Crippen molar-refractivity contribution in [1.82, 2.24) is 0 Å². The van der Waals surface area contributed by atoms with Crippen molar-refractivity contribution in [2.24, 2.45) is 0 Å². The van der Waals surface area contributed by atoms with Crippen molar-refractivity contribution in [2.75, 3.05) is 0 Å². The maximum atomic E-state index is 2.61. The summed E-state index contributed by atoms with van der Waals surface area (Å²) in [5, 5.41) is 2.00. The summed E-state index contributed by atoms with van der Waals surface area (Å²) in [6, 6.07) is 7.38. The molecule has 0 saturated heterocycles. The van der Waals surface area contributed by atoms with E-state index in [2.05, 4.69) is 91.0 Å². The van der Waals surface area contributed by atoms with Gasteiger partial charge in [0.05, 0.1) is 8.80 Å². The molecule has 0 amide bonds. The molecule has 0 bridgehead atoms. The summed E-state index contributed by atoms with van der Waals surface area (Å²) < 4.78 is 0. The molecule has 0 fully saturated rings. The van der Waals surface area contributed by atoms with Crippen LogP contribution in [0.1, 0.15) is 71.4 Å². The summed E-state index contributed by atoms with van der Waals surface area (Å²) in [5.74, 6) is 0. The fourth-order valence-corrected chi connectivity index (χ4v) is 11.0. The maximum absolute atomic E-state index is 2.61. The summed E-state index contributed by atoms with van der Waals surface area (Å²) in [6.45, 7) is 16.4. The molecule has 0 spiro atoms. The van der Waals surface area contributed by atoms with Gasteiger partial charge in [-0.05, 0) is 76.1 Å². The van der Waals surface area contributed by atoms with Gasteiger partial charge in [0.2, 0.25) is 0 Å². The predicted octanol–water partition coefficient (Wildman–Crippen LogP) is 7.24. The number of rotatable bonds is 6. The van der Waals surface area contributed by atoms with E-state index in [1.807, 2.05) is 0 Å². The molecule has 2 atom stereocenters. The van der Waals surface area contributed by atoms with Crippen molar-refractivity contribution in [2.45, 2.75) is 84.7 Å². The molecule has 150 valence electrons. The van der Waals surface area contributed by atoms with E-state index < -0.39 is 8.80 Å². The lowest BCUT2D eigenvalue weighted by Gasteiger charge is -2.43. The van der Waals surface area contributed by atoms with Crippen molar-refractivity contribution in [3.8, 4) is 0 Å². The molecule has 2 aliphatic carbocycles. The van der Waals surface area contributed by atoms with Crippen molar-refractivity contribution in [3.63, 3.8) is 0 Å². The Morgan fingerprint density at radius 1 is 0.893 bits per heavy atom. The third-order valence-electron chi connectivity index (χ3n) is 7.40. The highest BCUT2D eigenvalue weighted by atomic mass is 28.3. The Balaban J connectivity index is 2.23. The zero-order valence-electron chi connectivity index (χ0n) is 19.0. The fourth-order valence-electron chi connectivity index (χ4n) is 5.69. The maximum Gasteiger partial charge on any atom is 0.0924 e. The van der Waals surface area contributed by atoms with E-state index in [0.29, 0.717) is 10.6 Å². The molecule has 0 radical (unpaired) electrons. The Morgan fingerprint density at radius 2 is 1.50 bits per heavy atom. The highest BCUT2D eigenvalue weighted by Crippen LogP contribution is 2.54. The monoisotopic (exact) mass is 390 g/mol. The number of benzene rings is 1. The highest BCUT2D eigenvalue weighted by molar-refractivity contribution is 6.79. The summed E-state index contributed by atoms with van der Waals surface area (Å²) >= 11 is 0. The molecule has 1 aromatic carbocycles. The first-order valence-corrected chi connectivity index (χ1v) is 12.9. The van der Waals surface area contributed by atoms with Gasteiger partial charge in [0.25, 0.3) is 0 Å². The van der Waals surface area contributed by atoms with Crippen LogP contribution in [0.5, 0.6) is 0 Å². The van der Waals surface area contributed by atoms with Gasteiger partial charge in [-0.3, -0.25) is 0 Å². The topological polar surface area (TPSA) is 0 Å². The summed E-state index contributed by atoms with van der Waals surface area (Å²) in [4.78, 5) is 0. The molecular formula is C27H38Si. The van der Waals surface area contributed by atoms with Crippen LogP contribution in [0.15, 0.2) is 64.8 Å². The lowest BCUT2D eigenvalue weighted by Crippen LogP contribution is -2.47. The van der Waals surface area contributed by atoms with Crippen molar-refractivity contribution < 1.29 is 0 Å². The minimum absolute atomic E-state index is 0.336. The second-order valence-corrected chi connectivity index (χ2v) is 12.8. The predicted molar refractivity (Wildman–Crippen MR) is 128 cm³/mol. The number of hydrogen-bond donors (Lipinski definition) is 0. The summed E-state index contributed by atoms with van der Waals surface area (Å²) in [5.41, 5.74) is 9.87. The lowest BCUT2D eigenvalue weighted by atomic mass is 9.93. The van der Waals surface area contributed by atoms with Gasteiger partial charge in [0.15, 0.2) is 0 Å². The molecule has 0 heterocycles. The summed E-state index contributed by atoms with van der Waals surface area (Å²) in [7, 11) is -1.40. The molecule has 2 unspecified atom stereocenters. The zero-order valence-corrected chi connectivity index (χ0v) is 20.2. The SMILES string of the molecule is CCCCC1([SiH](c2cc(C)cc(C)c2)C2C(C)=C(C)C(C)=C2C)C=CC=CC1. The van der Waals surface area contributed by atoms with Gasteiger partial charge in [-0.1, -0.05) is 89.7 Å². The van der Waals surface area contributed by atoms with Crippen LogP contribution in [0.25, 0.3) is 0 Å². The van der Waals surface area contributed by atoms with Crippen LogP contribution >= 0.6 is 0 Å². The van der Waals surface area contributed by atoms with E-state index in [1.165, 1.54) is 36.8 Å². The van der Waals surface area contributed by atoms with Gasteiger partial charge in [-0.25, -0.2) is 0 Å². The zero-order chi connectivity index (χ0) is 20.5. The minimum Gasteiger partial charge on any atom is -0.0840 e. The lowest BCUT2D eigenvalue weighted by molar-refractivity contribution is 0.562. The number of hydrogen-bond acceptors (Lipinski definition) is 0. The molecular weight excluding hydrogens is 352 g/mol. The van der Waals surface area contributed by atoms with Gasteiger partial charge < -0.3 is 0 Å². The van der Waals surface area contributed by atoms with Gasteiger partial charge in [-0.2, -0.15) is 0 Å². The Morgan fingerprint density at radius 3 is 2.00 bits per heavy atom. The van der Waals surface area contributed by atoms with Crippen LogP contribution in [0.2, 0.25) is 10.6 Å². The summed E-state index contributed by atoms with van der Waals surface area (Å²) in [6.07, 6.45) is 14.8. The minimum atomic E-state index is -1.40. The molecule has 0 N–H and O–H groups in total. The largest absolute Gasteiger partial charge is 0.0924 e. The van der Waals surface area contributed by atoms with Gasteiger partial charge in [0, 0.05) is 0 Å². The van der Waals surface area contributed by atoms with E-state index in [4.69, 9.17) is 0 Å². The van der Waals surface area contributed by atoms with Gasteiger partial charge in [-0.15, -0.1) is 0 Å². The first kappa shape index (κ1) is 21.1. The van der Waals surface area contributed by atoms with Crippen LogP contribution in [0, 0.1) is 13.8 Å². The van der Waals surface area contributed by atoms with Crippen LogP contribution in [-0.2, 0) is 0 Å². The Kier molecular flexibility index (Phi) is 6.34. The van der Waals surface area contributed by atoms with Crippen molar-refractivity contribution in [1.29, 1.82) is 0 Å². The second-order valence-electron chi connectivity index (χ2n) is 9.32. The van der Waals surface area contributed by atoms with E-state index >= 15 is 0 Å². The molecule has 3 rings (SSSR count). The van der Waals surface area contributed by atoms with Gasteiger partial charge in [0.1, 0.15) is 0 Å². The standard InChI is InChI=1S/C27H38Si/c1-8-9-13-27(14-11-10-12-15-27)28(25-17-19(2)16-20(3)18-25)26-23(6)21(4)22(5)24(26)7/h10-12,14,16-18,26,28H,8-9,13,15H2,1-7H3. The molecule has 1 heteroatoms. The van der Waals surface area contributed by atoms with E-state index in [0.717, 1.165) is 0 Å². The van der Waals surface area contributed by atoms with Crippen LogP contribution < -0.4 is 5.19 Å². The number of aryl methyl sites for hydroxylation is 2. The third-order valence-corrected chi connectivity index (χ3v) is 12.1. The van der Waals surface area contributed by atoms with Crippen LogP contribution in [-0.4, -0.2) is 8.80 Å². The number of unbranched alkanes of at least 4 members (excludes halogenated alkanes) is 1. The average molecular weight is 391 g/mol. The Hall–Kier alpha value is -1.60. The first-order chi connectivity index (χ1) is 13.3. The van der Waals surface area contributed by atoms with Crippen LogP contribution in [0.3, 0.4) is 0 Å². The normalized spacial score (nSPS) is 23.8. The Bertz CT molecular complexity index is 820. The van der Waals surface area contributed by atoms with Crippen molar-refractivity contribution >= 4 is 14.0 Å². The second kappa shape index (κ2) is 8.41. The van der Waals surface area contributed by atoms with Gasteiger partial charge >= 0.3 is 0 Å². The molecule has 0 nitrogen and oxygen atoms in total. The molecule has 0 aromatic heterocycles. The quantitative estimate of drug-likeness (QED) is 0.449. The number of allylic oxidation sites excluding steroid dienone is 8. The van der Waals surface area contributed by atoms with Crippen molar-refractivity contribution in [3.05, 3.63) is 75.9 Å². The molecule has 28 heavy (non-hydrogen) atoms. The molecule has 1 aromatic rings. The van der Waals surface area contributed by atoms with E-state index in [1.54, 1.807) is 27.5 Å². The van der Waals surface area contributed by atoms with E-state index in [-0.39, 0.29) is 0 Å². The first-order valence-electron chi connectivity index (χ1n) is 11.1. The average Bonchev–Trinajstić information content (AvgIpc) is 2.85. The van der Waals surface area contributed by atoms with Crippen LogP contribution in [0.4, 0.5) is 0 Å². The third kappa shape index (κ3) is 3.79. The highest BCUT2D eigenvalue weighted by Gasteiger charge is 2.46. The molecule has 0 aliphatic heterocycles. The smallest absolute Gasteiger partial charge is 0.0840 e.